The Morgan fingerprint density at radius 2 is 1.09 bits per heavy atom. The minimum atomic E-state index is -4.38. The summed E-state index contributed by atoms with van der Waals surface area (Å²) < 4.78 is 79.6. The molecule has 0 saturated heterocycles. The van der Waals surface area contributed by atoms with Gasteiger partial charge in [-0.3, -0.25) is 0 Å². The van der Waals surface area contributed by atoms with E-state index in [2.05, 4.69) is 31.9 Å². The Bertz CT molecular complexity index is 804. The summed E-state index contributed by atoms with van der Waals surface area (Å²) in [5.74, 6) is -5.04. The number of alkyl halides is 2. The van der Waals surface area contributed by atoms with Crippen molar-refractivity contribution in [2.24, 2.45) is 0 Å². The molecule has 0 aliphatic rings. The molecule has 0 aliphatic carbocycles. The topological polar surface area (TPSA) is 34.1 Å². The lowest BCUT2D eigenvalue weighted by molar-refractivity contribution is 0.495. The highest BCUT2D eigenvalue weighted by Crippen LogP contribution is 2.32. The maximum atomic E-state index is 13.8. The molecule has 2 aromatic rings. The largest absolute Gasteiger partial charge is 0.218 e. The van der Waals surface area contributed by atoms with Gasteiger partial charge in [-0.2, -0.15) is 0 Å². The highest BCUT2D eigenvalue weighted by Gasteiger charge is 2.29. The zero-order chi connectivity index (χ0) is 17.4. The van der Waals surface area contributed by atoms with Crippen molar-refractivity contribution in [1.82, 2.24) is 0 Å². The zero-order valence-corrected chi connectivity index (χ0v) is 15.2. The third kappa shape index (κ3) is 3.18. The normalized spacial score (nSPS) is 11.7. The minimum absolute atomic E-state index is 0.265. The Balaban J connectivity index is 2.80. The summed E-state index contributed by atoms with van der Waals surface area (Å²) in [4.78, 5) is -1.03. The van der Waals surface area contributed by atoms with Crippen LogP contribution in [0.5, 0.6) is 0 Å². The molecule has 0 N–H and O–H groups in total. The fourth-order valence-electron chi connectivity index (χ4n) is 2.02. The zero-order valence-electron chi connectivity index (χ0n) is 11.2. The molecule has 0 saturated carbocycles. The van der Waals surface area contributed by atoms with Crippen LogP contribution in [0.2, 0.25) is 0 Å². The molecule has 0 atom stereocenters. The van der Waals surface area contributed by atoms with Crippen molar-refractivity contribution < 1.29 is 26.0 Å². The molecule has 9 heteroatoms. The van der Waals surface area contributed by atoms with Crippen LogP contribution < -0.4 is 0 Å². The number of halogens is 6. The van der Waals surface area contributed by atoms with Crippen LogP contribution in [-0.4, -0.2) is 8.42 Å². The van der Waals surface area contributed by atoms with Crippen LogP contribution in [0.1, 0.15) is 11.1 Å². The Hall–Kier alpha value is -0.930. The molecule has 0 aromatic heterocycles. The van der Waals surface area contributed by atoms with E-state index in [4.69, 9.17) is 0 Å². The molecule has 0 amide bonds. The highest BCUT2D eigenvalue weighted by atomic mass is 79.9. The number of hydrogen-bond acceptors (Lipinski definition) is 2. The van der Waals surface area contributed by atoms with Crippen LogP contribution in [0.15, 0.2) is 34.1 Å². The summed E-state index contributed by atoms with van der Waals surface area (Å²) in [5.41, 5.74) is -0.842. The molecular weight excluding hydrogens is 468 g/mol. The van der Waals surface area contributed by atoms with E-state index in [1.165, 1.54) is 0 Å². The van der Waals surface area contributed by atoms with Crippen molar-refractivity contribution in [3.05, 3.63) is 58.7 Å². The van der Waals surface area contributed by atoms with Gasteiger partial charge in [0.15, 0.2) is 23.3 Å². The van der Waals surface area contributed by atoms with Crippen molar-refractivity contribution in [1.29, 1.82) is 0 Å². The summed E-state index contributed by atoms with van der Waals surface area (Å²) in [6, 6.07) is 3.12. The average molecular weight is 476 g/mol. The van der Waals surface area contributed by atoms with Crippen LogP contribution in [-0.2, 0) is 20.5 Å². The van der Waals surface area contributed by atoms with Gasteiger partial charge in [-0.25, -0.2) is 26.0 Å². The average Bonchev–Trinajstić information content (AvgIpc) is 2.51. The van der Waals surface area contributed by atoms with Crippen LogP contribution in [0.3, 0.4) is 0 Å². The molecule has 0 unspecified atom stereocenters. The van der Waals surface area contributed by atoms with Gasteiger partial charge < -0.3 is 0 Å². The van der Waals surface area contributed by atoms with E-state index in [-0.39, 0.29) is 10.7 Å². The summed E-state index contributed by atoms with van der Waals surface area (Å²) in [6.07, 6.45) is 0. The van der Waals surface area contributed by atoms with Gasteiger partial charge in [0.1, 0.15) is 0 Å². The predicted molar refractivity (Wildman–Crippen MR) is 83.4 cm³/mol. The Labute approximate surface area is 146 Å². The van der Waals surface area contributed by atoms with Gasteiger partial charge in [-0.05, 0) is 24.3 Å². The number of hydrogen-bond donors (Lipinski definition) is 0. The van der Waals surface area contributed by atoms with Gasteiger partial charge in [-0.1, -0.05) is 31.9 Å². The Morgan fingerprint density at radius 3 is 1.39 bits per heavy atom. The summed E-state index contributed by atoms with van der Waals surface area (Å²) >= 11 is 5.81. The van der Waals surface area contributed by atoms with Crippen molar-refractivity contribution in [2.75, 3.05) is 0 Å². The van der Waals surface area contributed by atoms with Gasteiger partial charge in [0, 0.05) is 21.8 Å². The fourth-order valence-corrected chi connectivity index (χ4v) is 5.19. The molecule has 0 fully saturated rings. The SMILES string of the molecule is O=S(=O)(c1ccc(F)c(F)c1CBr)c1ccc(F)c(F)c1CBr. The second kappa shape index (κ2) is 6.90. The lowest BCUT2D eigenvalue weighted by Crippen LogP contribution is -2.11. The molecule has 0 radical (unpaired) electrons. The Morgan fingerprint density at radius 1 is 0.739 bits per heavy atom. The maximum Gasteiger partial charge on any atom is 0.207 e. The molecule has 0 aliphatic heterocycles. The standard InChI is InChI=1S/C14H8Br2F4O2S/c15-5-7-11(3-1-9(17)13(7)19)23(21,22)12-4-2-10(18)14(20)8(12)6-16/h1-4H,5-6H2. The van der Waals surface area contributed by atoms with Crippen LogP contribution in [0.4, 0.5) is 17.6 Å². The third-order valence-electron chi connectivity index (χ3n) is 3.15. The first-order valence-electron chi connectivity index (χ1n) is 6.06. The molecule has 2 aromatic carbocycles. The van der Waals surface area contributed by atoms with Crippen LogP contribution in [0, 0.1) is 23.3 Å². The van der Waals surface area contributed by atoms with Crippen molar-refractivity contribution in [2.45, 2.75) is 20.5 Å². The smallest absolute Gasteiger partial charge is 0.207 e. The lowest BCUT2D eigenvalue weighted by atomic mass is 10.2. The van der Waals surface area contributed by atoms with Gasteiger partial charge >= 0.3 is 0 Å². The lowest BCUT2D eigenvalue weighted by Gasteiger charge is -2.13. The van der Waals surface area contributed by atoms with Gasteiger partial charge in [-0.15, -0.1) is 0 Å². The molecular formula is C14H8Br2F4O2S. The Kier molecular flexibility index (Phi) is 5.52. The minimum Gasteiger partial charge on any atom is -0.218 e. The predicted octanol–water partition coefficient (Wildman–Crippen LogP) is 4.87. The van der Waals surface area contributed by atoms with E-state index in [0.717, 1.165) is 12.1 Å². The van der Waals surface area contributed by atoms with E-state index in [1.54, 1.807) is 0 Å². The van der Waals surface area contributed by atoms with E-state index >= 15 is 0 Å². The quantitative estimate of drug-likeness (QED) is 0.359. The van der Waals surface area contributed by atoms with Crippen LogP contribution >= 0.6 is 31.9 Å². The molecule has 0 spiro atoms. The molecule has 23 heavy (non-hydrogen) atoms. The molecule has 124 valence electrons. The third-order valence-corrected chi connectivity index (χ3v) is 6.20. The van der Waals surface area contributed by atoms with E-state index in [1.807, 2.05) is 0 Å². The van der Waals surface area contributed by atoms with Crippen molar-refractivity contribution in [3.8, 4) is 0 Å². The fraction of sp³-hybridized carbons (Fsp3) is 0.143. The molecule has 0 heterocycles. The van der Waals surface area contributed by atoms with E-state index in [9.17, 15) is 26.0 Å². The first-order valence-corrected chi connectivity index (χ1v) is 9.79. The van der Waals surface area contributed by atoms with Crippen molar-refractivity contribution in [3.63, 3.8) is 0 Å². The summed E-state index contributed by atoms with van der Waals surface area (Å²) in [7, 11) is -4.38. The van der Waals surface area contributed by atoms with Crippen LogP contribution in [0.25, 0.3) is 0 Å². The second-order valence-corrected chi connectivity index (χ2v) is 7.45. The first kappa shape index (κ1) is 18.4. The first-order chi connectivity index (χ1) is 10.8. The second-order valence-electron chi connectivity index (χ2n) is 4.45. The molecule has 2 rings (SSSR count). The number of sulfone groups is 1. The highest BCUT2D eigenvalue weighted by molar-refractivity contribution is 9.08. The summed E-state index contributed by atoms with van der Waals surface area (Å²) in [6.45, 7) is 0. The van der Waals surface area contributed by atoms with Gasteiger partial charge in [0.25, 0.3) is 0 Å². The van der Waals surface area contributed by atoms with Gasteiger partial charge in [0.05, 0.1) is 9.79 Å². The summed E-state index contributed by atoms with van der Waals surface area (Å²) in [5, 5.41) is -0.531. The molecule has 2 nitrogen and oxygen atoms in total. The van der Waals surface area contributed by atoms with Crippen molar-refractivity contribution >= 4 is 41.7 Å². The maximum absolute atomic E-state index is 13.8. The van der Waals surface area contributed by atoms with Gasteiger partial charge in [0.2, 0.25) is 9.84 Å². The van der Waals surface area contributed by atoms with E-state index in [0.29, 0.717) is 12.1 Å². The molecule has 0 bridgehead atoms. The number of rotatable bonds is 4. The monoisotopic (exact) mass is 474 g/mol. The number of benzene rings is 2. The van der Waals surface area contributed by atoms with E-state index < -0.39 is 54.0 Å².